The summed E-state index contributed by atoms with van der Waals surface area (Å²) in [5.41, 5.74) is 5.65. The number of nitrogens with one attached hydrogen (secondary N) is 1. The number of aromatic nitrogens is 2. The zero-order valence-electron chi connectivity index (χ0n) is 15.2. The van der Waals surface area contributed by atoms with Crippen LogP contribution < -0.4 is 11.1 Å². The molecule has 3 N–H and O–H groups in total. The first-order chi connectivity index (χ1) is 12.1. The van der Waals surface area contributed by atoms with Gasteiger partial charge in [-0.15, -0.1) is 0 Å². The highest BCUT2D eigenvalue weighted by Crippen LogP contribution is 2.23. The van der Waals surface area contributed by atoms with Crippen LogP contribution in [-0.2, 0) is 20.8 Å². The molecule has 2 rings (SSSR count). The maximum atomic E-state index is 11.9. The zero-order chi connectivity index (χ0) is 19.5. The smallest absolute Gasteiger partial charge is 0.412 e. The first-order valence-electron chi connectivity index (χ1n) is 8.06. The predicted molar refractivity (Wildman–Crippen MR) is 94.7 cm³/mol. The van der Waals surface area contributed by atoms with Gasteiger partial charge in [0.15, 0.2) is 5.69 Å². The minimum Gasteiger partial charge on any atom is -0.465 e. The second-order valence-corrected chi connectivity index (χ2v) is 6.53. The van der Waals surface area contributed by atoms with Gasteiger partial charge in [-0.05, 0) is 45.9 Å². The lowest BCUT2D eigenvalue weighted by atomic mass is 10.2. The number of carbonyl (C=O) groups excluding carboxylic acids is 3. The molecule has 0 aliphatic carbocycles. The van der Waals surface area contributed by atoms with E-state index in [1.54, 1.807) is 45.9 Å². The van der Waals surface area contributed by atoms with Crippen LogP contribution in [0.15, 0.2) is 18.2 Å². The van der Waals surface area contributed by atoms with E-state index in [1.165, 1.54) is 4.68 Å². The fourth-order valence-electron chi connectivity index (χ4n) is 2.31. The van der Waals surface area contributed by atoms with Crippen molar-refractivity contribution in [1.29, 1.82) is 0 Å². The number of hydrogen-bond donors (Lipinski definition) is 2. The van der Waals surface area contributed by atoms with Crippen LogP contribution in [0.5, 0.6) is 0 Å². The standard InChI is InChI=1S/C17H22N4O5/c1-5-25-13(22)9-21-12-7-6-10(19-16(24)26-17(2,3)4)8-11(12)14(20-21)15(18)23/h6-8H,5,9H2,1-4H3,(H2,18,23)(H,19,24). The van der Waals surface area contributed by atoms with Gasteiger partial charge in [0.05, 0.1) is 12.1 Å². The van der Waals surface area contributed by atoms with Crippen LogP contribution in [0.25, 0.3) is 10.9 Å². The molecular formula is C17H22N4O5. The molecule has 2 amide bonds. The number of benzene rings is 1. The molecule has 140 valence electrons. The van der Waals surface area contributed by atoms with Crippen LogP contribution >= 0.6 is 0 Å². The Balaban J connectivity index is 2.35. The third kappa shape index (κ3) is 4.71. The fraction of sp³-hybridized carbons (Fsp3) is 0.412. The quantitative estimate of drug-likeness (QED) is 0.784. The molecule has 0 unspecified atom stereocenters. The van der Waals surface area contributed by atoms with Gasteiger partial charge in [0.1, 0.15) is 12.1 Å². The Morgan fingerprint density at radius 1 is 1.27 bits per heavy atom. The summed E-state index contributed by atoms with van der Waals surface area (Å²) in [5, 5.41) is 7.09. The molecule has 0 aliphatic heterocycles. The van der Waals surface area contributed by atoms with E-state index >= 15 is 0 Å². The number of fused-ring (bicyclic) bond motifs is 1. The van der Waals surface area contributed by atoms with Crippen molar-refractivity contribution in [2.75, 3.05) is 11.9 Å². The third-order valence-electron chi connectivity index (χ3n) is 3.21. The summed E-state index contributed by atoms with van der Waals surface area (Å²) in [6, 6.07) is 4.79. The molecular weight excluding hydrogens is 340 g/mol. The van der Waals surface area contributed by atoms with Gasteiger partial charge in [-0.1, -0.05) is 0 Å². The van der Waals surface area contributed by atoms with E-state index in [1.807, 2.05) is 0 Å². The Hall–Kier alpha value is -3.10. The Morgan fingerprint density at radius 3 is 2.54 bits per heavy atom. The Morgan fingerprint density at radius 2 is 1.96 bits per heavy atom. The molecule has 1 aromatic carbocycles. The first-order valence-corrected chi connectivity index (χ1v) is 8.06. The molecule has 0 saturated heterocycles. The number of rotatable bonds is 5. The van der Waals surface area contributed by atoms with Crippen molar-refractivity contribution in [3.05, 3.63) is 23.9 Å². The number of hydrogen-bond acceptors (Lipinski definition) is 6. The van der Waals surface area contributed by atoms with Gasteiger partial charge in [0.2, 0.25) is 0 Å². The van der Waals surface area contributed by atoms with Gasteiger partial charge in [-0.3, -0.25) is 19.6 Å². The highest BCUT2D eigenvalue weighted by molar-refractivity contribution is 6.05. The Labute approximate surface area is 150 Å². The van der Waals surface area contributed by atoms with E-state index in [0.29, 0.717) is 16.6 Å². The zero-order valence-corrected chi connectivity index (χ0v) is 15.2. The van der Waals surface area contributed by atoms with Crippen molar-refractivity contribution in [2.24, 2.45) is 5.73 Å². The van der Waals surface area contributed by atoms with Crippen molar-refractivity contribution < 1.29 is 23.9 Å². The topological polar surface area (TPSA) is 126 Å². The van der Waals surface area contributed by atoms with Crippen LogP contribution in [0.3, 0.4) is 0 Å². The maximum absolute atomic E-state index is 11.9. The van der Waals surface area contributed by atoms with Gasteiger partial charge in [0, 0.05) is 11.1 Å². The van der Waals surface area contributed by atoms with Crippen LogP contribution in [0.1, 0.15) is 38.2 Å². The van der Waals surface area contributed by atoms with Crippen LogP contribution in [-0.4, -0.2) is 40.0 Å². The largest absolute Gasteiger partial charge is 0.465 e. The molecule has 9 nitrogen and oxygen atoms in total. The van der Waals surface area contributed by atoms with Crippen molar-refractivity contribution in [2.45, 2.75) is 39.8 Å². The van der Waals surface area contributed by atoms with E-state index in [4.69, 9.17) is 15.2 Å². The Kier molecular flexibility index (Phi) is 5.49. The molecule has 0 saturated carbocycles. The van der Waals surface area contributed by atoms with Crippen molar-refractivity contribution in [1.82, 2.24) is 9.78 Å². The van der Waals surface area contributed by atoms with E-state index in [2.05, 4.69) is 10.4 Å². The van der Waals surface area contributed by atoms with Crippen LogP contribution in [0.2, 0.25) is 0 Å². The number of nitrogens with two attached hydrogens (primary N) is 1. The normalized spacial score (nSPS) is 11.2. The van der Waals surface area contributed by atoms with Crippen molar-refractivity contribution in [3.63, 3.8) is 0 Å². The average molecular weight is 362 g/mol. The fourth-order valence-corrected chi connectivity index (χ4v) is 2.31. The molecule has 0 fully saturated rings. The highest BCUT2D eigenvalue weighted by Gasteiger charge is 2.19. The second kappa shape index (κ2) is 7.42. The summed E-state index contributed by atoms with van der Waals surface area (Å²) in [7, 11) is 0. The number of amides is 2. The molecule has 1 heterocycles. The summed E-state index contributed by atoms with van der Waals surface area (Å²) in [6.45, 7) is 7.03. The molecule has 0 radical (unpaired) electrons. The third-order valence-corrected chi connectivity index (χ3v) is 3.21. The van der Waals surface area contributed by atoms with Crippen molar-refractivity contribution >= 4 is 34.6 Å². The molecule has 0 spiro atoms. The van der Waals surface area contributed by atoms with E-state index in [-0.39, 0.29) is 18.8 Å². The van der Waals surface area contributed by atoms with Gasteiger partial charge in [-0.25, -0.2) is 4.79 Å². The van der Waals surface area contributed by atoms with Gasteiger partial charge in [-0.2, -0.15) is 5.10 Å². The van der Waals surface area contributed by atoms with Gasteiger partial charge < -0.3 is 15.2 Å². The number of anilines is 1. The minimum atomic E-state index is -0.743. The lowest BCUT2D eigenvalue weighted by Gasteiger charge is -2.19. The number of nitrogens with zero attached hydrogens (tertiary/aromatic N) is 2. The monoisotopic (exact) mass is 362 g/mol. The summed E-state index contributed by atoms with van der Waals surface area (Å²) < 4.78 is 11.4. The SMILES string of the molecule is CCOC(=O)Cn1nc(C(N)=O)c2cc(NC(=O)OC(C)(C)C)ccc21. The van der Waals surface area contributed by atoms with E-state index < -0.39 is 23.6 Å². The molecule has 9 heteroatoms. The summed E-state index contributed by atoms with van der Waals surface area (Å²) in [6.07, 6.45) is -0.628. The maximum Gasteiger partial charge on any atom is 0.412 e. The minimum absolute atomic E-state index is 0.00265. The van der Waals surface area contributed by atoms with Gasteiger partial charge >= 0.3 is 12.1 Å². The molecule has 2 aromatic rings. The van der Waals surface area contributed by atoms with E-state index in [9.17, 15) is 14.4 Å². The van der Waals surface area contributed by atoms with Crippen LogP contribution in [0, 0.1) is 0 Å². The first kappa shape index (κ1) is 19.2. The molecule has 0 atom stereocenters. The molecule has 0 bridgehead atoms. The molecule has 0 aliphatic rings. The second-order valence-electron chi connectivity index (χ2n) is 6.53. The summed E-state index contributed by atoms with van der Waals surface area (Å²) in [5.74, 6) is -1.23. The van der Waals surface area contributed by atoms with Crippen molar-refractivity contribution in [3.8, 4) is 0 Å². The summed E-state index contributed by atoms with van der Waals surface area (Å²) >= 11 is 0. The van der Waals surface area contributed by atoms with Gasteiger partial charge in [0.25, 0.3) is 5.91 Å². The number of ether oxygens (including phenoxy) is 2. The number of primary amides is 1. The highest BCUT2D eigenvalue weighted by atomic mass is 16.6. The van der Waals surface area contributed by atoms with Crippen LogP contribution in [0.4, 0.5) is 10.5 Å². The van der Waals surface area contributed by atoms with E-state index in [0.717, 1.165) is 0 Å². The number of esters is 1. The summed E-state index contributed by atoms with van der Waals surface area (Å²) in [4.78, 5) is 35.3. The Bertz CT molecular complexity index is 851. The molecule has 1 aromatic heterocycles. The average Bonchev–Trinajstić information content (AvgIpc) is 2.83. The lowest BCUT2D eigenvalue weighted by molar-refractivity contribution is -0.143. The number of carbonyl (C=O) groups is 3. The predicted octanol–water partition coefficient (Wildman–Crippen LogP) is 2.05. The molecule has 26 heavy (non-hydrogen) atoms. The lowest BCUT2D eigenvalue weighted by Crippen LogP contribution is -2.27.